The summed E-state index contributed by atoms with van der Waals surface area (Å²) in [5.74, 6) is -0.396. The quantitative estimate of drug-likeness (QED) is 0.194. The number of rotatable bonds is 14. The van der Waals surface area contributed by atoms with Crippen LogP contribution in [0.4, 0.5) is 0 Å². The number of carbonyl (C=O) groups is 2. The van der Waals surface area contributed by atoms with Gasteiger partial charge in [-0.3, -0.25) is 0 Å². The van der Waals surface area contributed by atoms with Crippen molar-refractivity contribution >= 4 is 11.9 Å². The Kier molecular flexibility index (Phi) is 15.2. The molecule has 0 rings (SSSR count). The van der Waals surface area contributed by atoms with E-state index in [0.717, 1.165) is 44.3 Å². The van der Waals surface area contributed by atoms with Crippen LogP contribution < -0.4 is 0 Å². The predicted octanol–water partition coefficient (Wildman–Crippen LogP) is 4.98. The molecular weight excluding hydrogens is 304 g/mol. The second-order valence-electron chi connectivity index (χ2n) is 6.31. The van der Waals surface area contributed by atoms with Gasteiger partial charge in [0.15, 0.2) is 0 Å². The molecule has 4 heteroatoms. The SMILES string of the molecule is CCCCC/C=C/CCCOC(=O)/C=C/C(=O)OCCCC(C)C. The van der Waals surface area contributed by atoms with E-state index in [2.05, 4.69) is 32.9 Å². The van der Waals surface area contributed by atoms with Crippen molar-refractivity contribution in [2.24, 2.45) is 5.92 Å². The lowest BCUT2D eigenvalue weighted by atomic mass is 10.1. The van der Waals surface area contributed by atoms with E-state index in [1.54, 1.807) is 0 Å². The maximum Gasteiger partial charge on any atom is 0.331 e. The molecule has 0 N–H and O–H groups in total. The van der Waals surface area contributed by atoms with Crippen LogP contribution in [0.3, 0.4) is 0 Å². The van der Waals surface area contributed by atoms with Crippen LogP contribution in [0.25, 0.3) is 0 Å². The van der Waals surface area contributed by atoms with Gasteiger partial charge in [-0.1, -0.05) is 45.8 Å². The summed E-state index contributed by atoms with van der Waals surface area (Å²) in [5, 5.41) is 0. The lowest BCUT2D eigenvalue weighted by molar-refractivity contribution is -0.140. The number of ether oxygens (including phenoxy) is 2. The fourth-order valence-corrected chi connectivity index (χ4v) is 2.02. The zero-order valence-electron chi connectivity index (χ0n) is 15.6. The molecule has 0 aliphatic carbocycles. The molecule has 0 atom stereocenters. The first-order chi connectivity index (χ1) is 11.6. The molecule has 0 fully saturated rings. The molecule has 0 aliphatic heterocycles. The molecule has 0 radical (unpaired) electrons. The molecule has 4 nitrogen and oxygen atoms in total. The summed E-state index contributed by atoms with van der Waals surface area (Å²) in [6.45, 7) is 7.20. The van der Waals surface area contributed by atoms with E-state index in [-0.39, 0.29) is 0 Å². The van der Waals surface area contributed by atoms with Crippen LogP contribution in [-0.4, -0.2) is 25.2 Å². The van der Waals surface area contributed by atoms with Crippen LogP contribution >= 0.6 is 0 Å². The van der Waals surface area contributed by atoms with Gasteiger partial charge in [-0.2, -0.15) is 0 Å². The van der Waals surface area contributed by atoms with Gasteiger partial charge in [0.1, 0.15) is 0 Å². The second-order valence-corrected chi connectivity index (χ2v) is 6.31. The number of hydrogen-bond donors (Lipinski definition) is 0. The Morgan fingerprint density at radius 2 is 1.38 bits per heavy atom. The van der Waals surface area contributed by atoms with Crippen LogP contribution in [0.15, 0.2) is 24.3 Å². The van der Waals surface area contributed by atoms with E-state index < -0.39 is 11.9 Å². The molecular formula is C20H34O4. The summed E-state index contributed by atoms with van der Waals surface area (Å²) < 4.78 is 10.0. The van der Waals surface area contributed by atoms with Crippen molar-refractivity contribution in [3.63, 3.8) is 0 Å². The summed E-state index contributed by atoms with van der Waals surface area (Å²) in [6, 6.07) is 0. The van der Waals surface area contributed by atoms with Gasteiger partial charge in [0.05, 0.1) is 13.2 Å². The van der Waals surface area contributed by atoms with Crippen LogP contribution in [0.5, 0.6) is 0 Å². The molecule has 0 saturated heterocycles. The highest BCUT2D eigenvalue weighted by atomic mass is 16.5. The normalized spacial score (nSPS) is 11.5. The highest BCUT2D eigenvalue weighted by Crippen LogP contribution is 2.03. The Balaban J connectivity index is 3.58. The lowest BCUT2D eigenvalue weighted by Crippen LogP contribution is -2.06. The van der Waals surface area contributed by atoms with Gasteiger partial charge in [-0.25, -0.2) is 9.59 Å². The lowest BCUT2D eigenvalue weighted by Gasteiger charge is -2.04. The van der Waals surface area contributed by atoms with Crippen LogP contribution in [-0.2, 0) is 19.1 Å². The summed E-state index contributed by atoms with van der Waals surface area (Å²) in [6.07, 6.45) is 15.0. The monoisotopic (exact) mass is 338 g/mol. The van der Waals surface area contributed by atoms with Crippen molar-refractivity contribution in [1.82, 2.24) is 0 Å². The molecule has 0 spiro atoms. The van der Waals surface area contributed by atoms with Gasteiger partial charge in [0.25, 0.3) is 0 Å². The first-order valence-corrected chi connectivity index (χ1v) is 9.22. The average molecular weight is 338 g/mol. The van der Waals surface area contributed by atoms with E-state index in [4.69, 9.17) is 9.47 Å². The fourth-order valence-electron chi connectivity index (χ4n) is 2.02. The molecule has 0 aliphatic rings. The molecule has 0 bridgehead atoms. The first kappa shape index (κ1) is 22.4. The summed E-state index contributed by atoms with van der Waals surface area (Å²) >= 11 is 0. The minimum atomic E-state index is -0.499. The van der Waals surface area contributed by atoms with Crippen molar-refractivity contribution < 1.29 is 19.1 Å². The summed E-state index contributed by atoms with van der Waals surface area (Å²) in [4.78, 5) is 22.8. The first-order valence-electron chi connectivity index (χ1n) is 9.22. The van der Waals surface area contributed by atoms with E-state index in [9.17, 15) is 9.59 Å². The number of allylic oxidation sites excluding steroid dienone is 2. The maximum absolute atomic E-state index is 11.4. The van der Waals surface area contributed by atoms with Gasteiger partial charge >= 0.3 is 11.9 Å². The third kappa shape index (κ3) is 16.8. The van der Waals surface area contributed by atoms with Crippen molar-refractivity contribution in [1.29, 1.82) is 0 Å². The molecule has 138 valence electrons. The highest BCUT2D eigenvalue weighted by molar-refractivity contribution is 5.91. The molecule has 24 heavy (non-hydrogen) atoms. The Morgan fingerprint density at radius 3 is 1.92 bits per heavy atom. The third-order valence-corrected chi connectivity index (χ3v) is 3.43. The van der Waals surface area contributed by atoms with Crippen LogP contribution in [0.1, 0.15) is 72.1 Å². The number of esters is 2. The topological polar surface area (TPSA) is 52.6 Å². The molecule has 0 amide bonds. The van der Waals surface area contributed by atoms with Crippen LogP contribution in [0, 0.1) is 5.92 Å². The van der Waals surface area contributed by atoms with E-state index >= 15 is 0 Å². The number of unbranched alkanes of at least 4 members (excludes halogenated alkanes) is 4. The van der Waals surface area contributed by atoms with Crippen molar-refractivity contribution in [2.75, 3.05) is 13.2 Å². The number of hydrogen-bond acceptors (Lipinski definition) is 4. The predicted molar refractivity (Wildman–Crippen MR) is 97.6 cm³/mol. The molecule has 0 aromatic carbocycles. The Morgan fingerprint density at radius 1 is 0.833 bits per heavy atom. The average Bonchev–Trinajstić information content (AvgIpc) is 2.55. The van der Waals surface area contributed by atoms with Gasteiger partial charge in [0.2, 0.25) is 0 Å². The van der Waals surface area contributed by atoms with Crippen LogP contribution in [0.2, 0.25) is 0 Å². The van der Waals surface area contributed by atoms with Crippen molar-refractivity contribution in [3.8, 4) is 0 Å². The Bertz CT molecular complexity index is 383. The standard InChI is InChI=1S/C20H34O4/c1-4-5-6-7-8-9-10-11-16-23-19(21)14-15-20(22)24-17-12-13-18(2)3/h8-9,14-15,18H,4-7,10-13,16-17H2,1-3H3/b9-8+,15-14+. The third-order valence-electron chi connectivity index (χ3n) is 3.43. The molecule has 0 aromatic heterocycles. The summed E-state index contributed by atoms with van der Waals surface area (Å²) in [7, 11) is 0. The van der Waals surface area contributed by atoms with Gasteiger partial charge < -0.3 is 9.47 Å². The summed E-state index contributed by atoms with van der Waals surface area (Å²) in [5.41, 5.74) is 0. The van der Waals surface area contributed by atoms with Gasteiger partial charge in [-0.05, 0) is 44.4 Å². The maximum atomic E-state index is 11.4. The zero-order chi connectivity index (χ0) is 18.0. The van der Waals surface area contributed by atoms with E-state index in [1.165, 1.54) is 19.3 Å². The molecule has 0 saturated carbocycles. The Labute approximate surface area is 147 Å². The second kappa shape index (κ2) is 16.3. The molecule has 0 heterocycles. The van der Waals surface area contributed by atoms with Crippen molar-refractivity contribution in [3.05, 3.63) is 24.3 Å². The molecule has 0 aromatic rings. The number of carbonyl (C=O) groups excluding carboxylic acids is 2. The largest absolute Gasteiger partial charge is 0.463 e. The highest BCUT2D eigenvalue weighted by Gasteiger charge is 2.01. The Hall–Kier alpha value is -1.58. The van der Waals surface area contributed by atoms with Gasteiger partial charge in [-0.15, -0.1) is 0 Å². The fraction of sp³-hybridized carbons (Fsp3) is 0.700. The van der Waals surface area contributed by atoms with Crippen molar-refractivity contribution in [2.45, 2.75) is 72.1 Å². The minimum absolute atomic E-state index is 0.367. The smallest absolute Gasteiger partial charge is 0.331 e. The van der Waals surface area contributed by atoms with E-state index in [0.29, 0.717) is 19.1 Å². The zero-order valence-corrected chi connectivity index (χ0v) is 15.6. The minimum Gasteiger partial charge on any atom is -0.463 e. The van der Waals surface area contributed by atoms with Gasteiger partial charge in [0, 0.05) is 12.2 Å². The molecule has 0 unspecified atom stereocenters. The van der Waals surface area contributed by atoms with E-state index in [1.807, 2.05) is 0 Å².